The van der Waals surface area contributed by atoms with Gasteiger partial charge in [0.05, 0.1) is 0 Å². The van der Waals surface area contributed by atoms with Gasteiger partial charge in [-0.1, -0.05) is 0 Å². The summed E-state index contributed by atoms with van der Waals surface area (Å²) in [5.41, 5.74) is 0.305. The van der Waals surface area contributed by atoms with Crippen LogP contribution in [-0.2, 0) is 6.54 Å². The Bertz CT molecular complexity index is 378. The maximum atomic E-state index is 13.1. The summed E-state index contributed by atoms with van der Waals surface area (Å²) in [6, 6.07) is 1.87. The number of piperazine rings is 1. The van der Waals surface area contributed by atoms with E-state index in [9.17, 15) is 13.9 Å². The average Bonchev–Trinajstić information content (AvgIpc) is 2.27. The Labute approximate surface area is 92.7 Å². The molecule has 2 rings (SSSR count). The number of aromatic hydroxyl groups is 1. The zero-order valence-corrected chi connectivity index (χ0v) is 8.84. The lowest BCUT2D eigenvalue weighted by atomic mass is 10.1. The van der Waals surface area contributed by atoms with Crippen molar-refractivity contribution in [1.29, 1.82) is 0 Å². The van der Waals surface area contributed by atoms with E-state index in [-0.39, 0.29) is 0 Å². The van der Waals surface area contributed by atoms with Crippen molar-refractivity contribution in [3.8, 4) is 5.75 Å². The molecule has 0 atom stereocenters. The quantitative estimate of drug-likeness (QED) is 0.795. The molecule has 0 spiro atoms. The van der Waals surface area contributed by atoms with Crippen molar-refractivity contribution in [2.24, 2.45) is 0 Å². The first-order chi connectivity index (χ1) is 7.66. The smallest absolute Gasteiger partial charge is 0.168 e. The second-order valence-electron chi connectivity index (χ2n) is 3.92. The van der Waals surface area contributed by atoms with Crippen LogP contribution in [0.5, 0.6) is 5.75 Å². The lowest BCUT2D eigenvalue weighted by molar-refractivity contribution is 0.229. The van der Waals surface area contributed by atoms with E-state index < -0.39 is 17.4 Å². The van der Waals surface area contributed by atoms with Gasteiger partial charge in [-0.05, 0) is 6.07 Å². The van der Waals surface area contributed by atoms with Crippen LogP contribution >= 0.6 is 0 Å². The minimum Gasteiger partial charge on any atom is -0.505 e. The molecule has 0 aliphatic carbocycles. The molecular weight excluding hydrogens is 214 g/mol. The van der Waals surface area contributed by atoms with E-state index in [4.69, 9.17) is 0 Å². The van der Waals surface area contributed by atoms with E-state index in [2.05, 4.69) is 5.32 Å². The molecule has 16 heavy (non-hydrogen) atoms. The van der Waals surface area contributed by atoms with E-state index in [1.807, 2.05) is 4.90 Å². The molecule has 0 bridgehead atoms. The SMILES string of the molecule is Oc1c(F)cc(F)cc1CN1CCNCC1. The molecule has 0 radical (unpaired) electrons. The molecule has 0 aromatic heterocycles. The second kappa shape index (κ2) is 4.76. The molecule has 1 aromatic rings. The summed E-state index contributed by atoms with van der Waals surface area (Å²) in [6.45, 7) is 3.73. The number of hydrogen-bond acceptors (Lipinski definition) is 3. The van der Waals surface area contributed by atoms with Crippen molar-refractivity contribution in [3.05, 3.63) is 29.3 Å². The van der Waals surface area contributed by atoms with Gasteiger partial charge < -0.3 is 10.4 Å². The monoisotopic (exact) mass is 228 g/mol. The molecule has 5 heteroatoms. The van der Waals surface area contributed by atoms with Gasteiger partial charge in [0.15, 0.2) is 11.6 Å². The summed E-state index contributed by atoms with van der Waals surface area (Å²) in [5, 5.41) is 12.7. The summed E-state index contributed by atoms with van der Waals surface area (Å²) in [4.78, 5) is 2.05. The van der Waals surface area contributed by atoms with Crippen LogP contribution in [0.15, 0.2) is 12.1 Å². The molecule has 88 valence electrons. The van der Waals surface area contributed by atoms with Gasteiger partial charge in [0, 0.05) is 44.4 Å². The summed E-state index contributed by atoms with van der Waals surface area (Å²) in [5.74, 6) is -1.99. The van der Waals surface area contributed by atoms with E-state index in [0.717, 1.165) is 26.2 Å². The van der Waals surface area contributed by atoms with Crippen molar-refractivity contribution in [2.75, 3.05) is 26.2 Å². The maximum absolute atomic E-state index is 13.1. The fraction of sp³-hybridized carbons (Fsp3) is 0.455. The van der Waals surface area contributed by atoms with Crippen LogP contribution in [0, 0.1) is 11.6 Å². The minimum atomic E-state index is -0.898. The van der Waals surface area contributed by atoms with E-state index in [0.29, 0.717) is 18.2 Å². The highest BCUT2D eigenvalue weighted by atomic mass is 19.1. The molecule has 0 saturated carbocycles. The maximum Gasteiger partial charge on any atom is 0.168 e. The number of nitrogens with one attached hydrogen (secondary N) is 1. The first kappa shape index (κ1) is 11.3. The van der Waals surface area contributed by atoms with Crippen LogP contribution in [0.2, 0.25) is 0 Å². The van der Waals surface area contributed by atoms with Gasteiger partial charge >= 0.3 is 0 Å². The highest BCUT2D eigenvalue weighted by Gasteiger charge is 2.15. The van der Waals surface area contributed by atoms with E-state index in [1.54, 1.807) is 0 Å². The number of rotatable bonds is 2. The summed E-state index contributed by atoms with van der Waals surface area (Å²) in [6.07, 6.45) is 0. The molecule has 1 heterocycles. The standard InChI is InChI=1S/C11H14F2N2O/c12-9-5-8(11(16)10(13)6-9)7-15-3-1-14-2-4-15/h5-6,14,16H,1-4,7H2. The van der Waals surface area contributed by atoms with Crippen LogP contribution in [0.4, 0.5) is 8.78 Å². The first-order valence-corrected chi connectivity index (χ1v) is 5.27. The van der Waals surface area contributed by atoms with Gasteiger partial charge in [-0.3, -0.25) is 4.90 Å². The van der Waals surface area contributed by atoms with Crippen LogP contribution in [0.1, 0.15) is 5.56 Å². The number of phenolic OH excluding ortho intramolecular Hbond substituents is 1. The minimum absolute atomic E-state index is 0.305. The number of halogens is 2. The largest absolute Gasteiger partial charge is 0.505 e. The van der Waals surface area contributed by atoms with Gasteiger partial charge in [0.2, 0.25) is 0 Å². The van der Waals surface area contributed by atoms with Crippen molar-refractivity contribution < 1.29 is 13.9 Å². The van der Waals surface area contributed by atoms with Crippen LogP contribution in [0.25, 0.3) is 0 Å². The molecule has 1 aromatic carbocycles. The Kier molecular flexibility index (Phi) is 3.36. The third-order valence-electron chi connectivity index (χ3n) is 2.71. The lowest BCUT2D eigenvalue weighted by Crippen LogP contribution is -2.42. The molecule has 1 fully saturated rings. The zero-order valence-electron chi connectivity index (χ0n) is 8.84. The summed E-state index contributed by atoms with van der Waals surface area (Å²) >= 11 is 0. The van der Waals surface area contributed by atoms with Crippen molar-refractivity contribution in [3.63, 3.8) is 0 Å². The molecule has 1 saturated heterocycles. The predicted octanol–water partition coefficient (Wildman–Crippen LogP) is 1.08. The van der Waals surface area contributed by atoms with Crippen LogP contribution < -0.4 is 5.32 Å². The molecule has 0 unspecified atom stereocenters. The molecule has 1 aliphatic rings. The second-order valence-corrected chi connectivity index (χ2v) is 3.92. The average molecular weight is 228 g/mol. The topological polar surface area (TPSA) is 35.5 Å². The molecule has 1 aliphatic heterocycles. The highest BCUT2D eigenvalue weighted by molar-refractivity contribution is 5.34. The first-order valence-electron chi connectivity index (χ1n) is 5.27. The molecule has 2 N–H and O–H groups in total. The van der Waals surface area contributed by atoms with Gasteiger partial charge in [0.25, 0.3) is 0 Å². The highest BCUT2D eigenvalue weighted by Crippen LogP contribution is 2.24. The van der Waals surface area contributed by atoms with Gasteiger partial charge in [-0.25, -0.2) is 8.78 Å². The third kappa shape index (κ3) is 2.48. The van der Waals surface area contributed by atoms with E-state index in [1.165, 1.54) is 6.07 Å². The normalized spacial score (nSPS) is 17.6. The van der Waals surface area contributed by atoms with Gasteiger partial charge in [0.1, 0.15) is 5.82 Å². The number of nitrogens with zero attached hydrogens (tertiary/aromatic N) is 1. The molecule has 0 amide bonds. The summed E-state index contributed by atoms with van der Waals surface area (Å²) in [7, 11) is 0. The number of benzene rings is 1. The Morgan fingerprint density at radius 2 is 1.94 bits per heavy atom. The predicted molar refractivity (Wildman–Crippen MR) is 56.2 cm³/mol. The Morgan fingerprint density at radius 1 is 1.25 bits per heavy atom. The van der Waals surface area contributed by atoms with Crippen LogP contribution in [0.3, 0.4) is 0 Å². The molecular formula is C11H14F2N2O. The third-order valence-corrected chi connectivity index (χ3v) is 2.71. The van der Waals surface area contributed by atoms with Crippen molar-refractivity contribution in [1.82, 2.24) is 10.2 Å². The Morgan fingerprint density at radius 3 is 2.62 bits per heavy atom. The van der Waals surface area contributed by atoms with Gasteiger partial charge in [-0.2, -0.15) is 0 Å². The Hall–Kier alpha value is -1.20. The number of phenols is 1. The fourth-order valence-corrected chi connectivity index (χ4v) is 1.85. The van der Waals surface area contributed by atoms with Crippen molar-refractivity contribution >= 4 is 0 Å². The van der Waals surface area contributed by atoms with Crippen LogP contribution in [-0.4, -0.2) is 36.2 Å². The van der Waals surface area contributed by atoms with Crippen molar-refractivity contribution in [2.45, 2.75) is 6.54 Å². The fourth-order valence-electron chi connectivity index (χ4n) is 1.85. The number of hydrogen-bond donors (Lipinski definition) is 2. The zero-order chi connectivity index (χ0) is 11.5. The molecule has 3 nitrogen and oxygen atoms in total. The van der Waals surface area contributed by atoms with Gasteiger partial charge in [-0.15, -0.1) is 0 Å². The van der Waals surface area contributed by atoms with E-state index >= 15 is 0 Å². The lowest BCUT2D eigenvalue weighted by Gasteiger charge is -2.27. The Balaban J connectivity index is 2.13. The summed E-state index contributed by atoms with van der Waals surface area (Å²) < 4.78 is 26.1.